The molecule has 0 radical (unpaired) electrons. The summed E-state index contributed by atoms with van der Waals surface area (Å²) in [5, 5.41) is 2.20. The lowest BCUT2D eigenvalue weighted by Gasteiger charge is -2.14. The predicted octanol–water partition coefficient (Wildman–Crippen LogP) is 4.88. The van der Waals surface area contributed by atoms with E-state index in [9.17, 15) is 18.8 Å². The Morgan fingerprint density at radius 3 is 2.64 bits per heavy atom. The first-order valence-electron chi connectivity index (χ1n) is 8.32. The van der Waals surface area contributed by atoms with E-state index in [1.165, 1.54) is 24.3 Å². The molecule has 1 heterocycles. The van der Waals surface area contributed by atoms with E-state index in [-0.39, 0.29) is 15.9 Å². The van der Waals surface area contributed by atoms with Gasteiger partial charge in [0.1, 0.15) is 12.4 Å². The van der Waals surface area contributed by atoms with Gasteiger partial charge >= 0.3 is 0 Å². The first-order valence-corrected chi connectivity index (χ1v) is 9.93. The van der Waals surface area contributed by atoms with Crippen molar-refractivity contribution in [1.82, 2.24) is 4.90 Å². The van der Waals surface area contributed by atoms with Gasteiger partial charge in [-0.15, -0.1) is 0 Å². The zero-order valence-electron chi connectivity index (χ0n) is 15.1. The van der Waals surface area contributed by atoms with Crippen molar-refractivity contribution in [2.45, 2.75) is 13.8 Å². The summed E-state index contributed by atoms with van der Waals surface area (Å²) in [6.07, 6.45) is 1.50. The smallest absolute Gasteiger partial charge is 0.294 e. The van der Waals surface area contributed by atoms with Crippen LogP contribution in [0.15, 0.2) is 45.8 Å². The third-order valence-electron chi connectivity index (χ3n) is 4.07. The van der Waals surface area contributed by atoms with E-state index in [2.05, 4.69) is 21.2 Å². The van der Waals surface area contributed by atoms with Gasteiger partial charge in [0.25, 0.3) is 11.1 Å². The molecule has 3 rings (SSSR count). The highest BCUT2D eigenvalue weighted by molar-refractivity contribution is 9.10. The largest absolute Gasteiger partial charge is 0.324 e. The number of nitrogens with one attached hydrogen (secondary N) is 1. The number of imide groups is 1. The second-order valence-corrected chi connectivity index (χ2v) is 8.16. The van der Waals surface area contributed by atoms with Crippen molar-refractivity contribution in [3.63, 3.8) is 0 Å². The summed E-state index contributed by atoms with van der Waals surface area (Å²) in [6, 6.07) is 9.85. The molecule has 0 atom stereocenters. The van der Waals surface area contributed by atoms with Crippen LogP contribution in [0.5, 0.6) is 0 Å². The molecule has 0 saturated carbocycles. The maximum absolute atomic E-state index is 13.3. The van der Waals surface area contributed by atoms with Crippen molar-refractivity contribution in [1.29, 1.82) is 0 Å². The summed E-state index contributed by atoms with van der Waals surface area (Å²) in [7, 11) is 0. The molecule has 1 aliphatic rings. The van der Waals surface area contributed by atoms with Gasteiger partial charge in [-0.3, -0.25) is 19.3 Å². The molecule has 28 heavy (non-hydrogen) atoms. The van der Waals surface area contributed by atoms with Gasteiger partial charge in [0.05, 0.1) is 9.38 Å². The highest BCUT2D eigenvalue weighted by atomic mass is 79.9. The standard InChI is InChI=1S/C20H16BrFN2O3S/c1-11-3-6-16(12(2)7-11)23-18(25)10-24-19(26)17(28-20(24)27)9-13-4-5-15(22)14(21)8-13/h3-9H,10H2,1-2H3,(H,23,25)/b17-9+. The molecule has 0 spiro atoms. The molecule has 8 heteroatoms. The van der Waals surface area contributed by atoms with Crippen molar-refractivity contribution in [2.24, 2.45) is 0 Å². The topological polar surface area (TPSA) is 66.5 Å². The number of rotatable bonds is 4. The van der Waals surface area contributed by atoms with Crippen LogP contribution in [0.1, 0.15) is 16.7 Å². The van der Waals surface area contributed by atoms with Gasteiger partial charge in [-0.25, -0.2) is 4.39 Å². The first kappa shape index (κ1) is 20.3. The number of amides is 3. The Bertz CT molecular complexity index is 1020. The van der Waals surface area contributed by atoms with Gasteiger partial charge in [-0.05, 0) is 76.9 Å². The number of hydrogen-bond donors (Lipinski definition) is 1. The van der Waals surface area contributed by atoms with Crippen LogP contribution in [-0.2, 0) is 9.59 Å². The zero-order chi connectivity index (χ0) is 20.4. The summed E-state index contributed by atoms with van der Waals surface area (Å²) < 4.78 is 13.6. The Labute approximate surface area is 174 Å². The Balaban J connectivity index is 1.71. The van der Waals surface area contributed by atoms with Crippen LogP contribution in [0.25, 0.3) is 6.08 Å². The third-order valence-corrected chi connectivity index (χ3v) is 5.59. The number of carbonyl (C=O) groups excluding carboxylic acids is 3. The number of hydrogen-bond acceptors (Lipinski definition) is 4. The first-order chi connectivity index (χ1) is 13.2. The van der Waals surface area contributed by atoms with E-state index < -0.39 is 22.9 Å². The van der Waals surface area contributed by atoms with E-state index in [1.54, 1.807) is 6.07 Å². The molecule has 2 aromatic carbocycles. The minimum absolute atomic E-state index is 0.183. The van der Waals surface area contributed by atoms with Crippen molar-refractivity contribution < 1.29 is 18.8 Å². The fraction of sp³-hybridized carbons (Fsp3) is 0.150. The Morgan fingerprint density at radius 2 is 1.96 bits per heavy atom. The Hall–Kier alpha value is -2.45. The SMILES string of the molecule is Cc1ccc(NC(=O)CN2C(=O)S/C(=C/c3ccc(F)c(Br)c3)C2=O)c(C)c1. The van der Waals surface area contributed by atoms with Crippen molar-refractivity contribution in [2.75, 3.05) is 11.9 Å². The van der Waals surface area contributed by atoms with Crippen LogP contribution in [0.3, 0.4) is 0 Å². The van der Waals surface area contributed by atoms with Crippen LogP contribution in [0, 0.1) is 19.7 Å². The number of carbonyl (C=O) groups is 3. The lowest BCUT2D eigenvalue weighted by Crippen LogP contribution is -2.36. The van der Waals surface area contributed by atoms with Crippen LogP contribution in [0.2, 0.25) is 0 Å². The lowest BCUT2D eigenvalue weighted by atomic mass is 10.1. The Kier molecular flexibility index (Phi) is 6.00. The molecule has 0 aliphatic carbocycles. The van der Waals surface area contributed by atoms with E-state index in [0.717, 1.165) is 27.8 Å². The van der Waals surface area contributed by atoms with Crippen molar-refractivity contribution >= 4 is 56.5 Å². The number of anilines is 1. The maximum Gasteiger partial charge on any atom is 0.294 e. The number of aryl methyl sites for hydroxylation is 2. The second-order valence-electron chi connectivity index (χ2n) is 6.31. The lowest BCUT2D eigenvalue weighted by molar-refractivity contribution is -0.127. The van der Waals surface area contributed by atoms with Crippen LogP contribution >= 0.6 is 27.7 Å². The molecule has 1 fully saturated rings. The van der Waals surface area contributed by atoms with Crippen LogP contribution in [0.4, 0.5) is 14.9 Å². The quantitative estimate of drug-likeness (QED) is 0.657. The van der Waals surface area contributed by atoms with Crippen LogP contribution < -0.4 is 5.32 Å². The molecule has 0 unspecified atom stereocenters. The van der Waals surface area contributed by atoms with Gasteiger partial charge in [0.15, 0.2) is 0 Å². The number of halogens is 2. The molecule has 1 aliphatic heterocycles. The molecule has 1 saturated heterocycles. The van der Waals surface area contributed by atoms with Gasteiger partial charge in [-0.2, -0.15) is 0 Å². The molecule has 2 aromatic rings. The highest BCUT2D eigenvalue weighted by Crippen LogP contribution is 2.32. The van der Waals surface area contributed by atoms with Gasteiger partial charge in [0, 0.05) is 5.69 Å². The molecule has 1 N–H and O–H groups in total. The van der Waals surface area contributed by atoms with Gasteiger partial charge in [-0.1, -0.05) is 23.8 Å². The van der Waals surface area contributed by atoms with E-state index in [0.29, 0.717) is 11.3 Å². The molecule has 3 amide bonds. The number of thioether (sulfide) groups is 1. The number of nitrogens with zero attached hydrogens (tertiary/aromatic N) is 1. The third kappa shape index (κ3) is 4.51. The second kappa shape index (κ2) is 8.28. The summed E-state index contributed by atoms with van der Waals surface area (Å²) in [4.78, 5) is 38.1. The fourth-order valence-corrected chi connectivity index (χ4v) is 3.91. The molecule has 144 valence electrons. The molecular formula is C20H16BrFN2O3S. The maximum atomic E-state index is 13.3. The summed E-state index contributed by atoms with van der Waals surface area (Å²) in [5.74, 6) is -1.43. The summed E-state index contributed by atoms with van der Waals surface area (Å²) >= 11 is 3.83. The Morgan fingerprint density at radius 1 is 1.21 bits per heavy atom. The highest BCUT2D eigenvalue weighted by Gasteiger charge is 2.36. The normalized spacial score (nSPS) is 15.4. The minimum Gasteiger partial charge on any atom is -0.324 e. The summed E-state index contributed by atoms with van der Waals surface area (Å²) in [6.45, 7) is 3.44. The van der Waals surface area contributed by atoms with Crippen molar-refractivity contribution in [3.8, 4) is 0 Å². The average Bonchev–Trinajstić information content (AvgIpc) is 2.88. The molecule has 0 bridgehead atoms. The van der Waals surface area contributed by atoms with Crippen LogP contribution in [-0.4, -0.2) is 28.5 Å². The molecular weight excluding hydrogens is 447 g/mol. The predicted molar refractivity (Wildman–Crippen MR) is 111 cm³/mol. The monoisotopic (exact) mass is 462 g/mol. The van der Waals surface area contributed by atoms with E-state index in [1.807, 2.05) is 26.0 Å². The van der Waals surface area contributed by atoms with Gasteiger partial charge in [0.2, 0.25) is 5.91 Å². The summed E-state index contributed by atoms with van der Waals surface area (Å²) in [5.41, 5.74) is 3.16. The zero-order valence-corrected chi connectivity index (χ0v) is 17.5. The molecule has 0 aromatic heterocycles. The fourth-order valence-electron chi connectivity index (χ4n) is 2.68. The minimum atomic E-state index is -0.550. The van der Waals surface area contributed by atoms with E-state index >= 15 is 0 Å². The van der Waals surface area contributed by atoms with Gasteiger partial charge < -0.3 is 5.32 Å². The number of benzene rings is 2. The van der Waals surface area contributed by atoms with Crippen molar-refractivity contribution in [3.05, 3.63) is 68.3 Å². The molecule has 5 nitrogen and oxygen atoms in total. The average molecular weight is 463 g/mol. The van der Waals surface area contributed by atoms with E-state index in [4.69, 9.17) is 0 Å².